The van der Waals surface area contributed by atoms with Crippen LogP contribution >= 0.6 is 0 Å². The first-order valence-corrected chi connectivity index (χ1v) is 9.91. The van der Waals surface area contributed by atoms with Crippen molar-refractivity contribution in [3.8, 4) is 23.1 Å². The molecule has 162 valence electrons. The summed E-state index contributed by atoms with van der Waals surface area (Å²) < 4.78 is 11.8. The van der Waals surface area contributed by atoms with Crippen LogP contribution in [-0.2, 0) is 6.61 Å². The number of para-hydroxylation sites is 1. The highest BCUT2D eigenvalue weighted by molar-refractivity contribution is 6.02. The number of aromatic nitrogens is 1. The van der Waals surface area contributed by atoms with Gasteiger partial charge in [0, 0.05) is 28.6 Å². The summed E-state index contributed by atoms with van der Waals surface area (Å²) in [5.74, 6) is 0.676. The van der Waals surface area contributed by atoms with Crippen molar-refractivity contribution in [1.29, 1.82) is 0 Å². The predicted molar refractivity (Wildman–Crippen MR) is 124 cm³/mol. The Hall–Kier alpha value is -4.10. The predicted octanol–water partition coefficient (Wildman–Crippen LogP) is 3.96. The van der Waals surface area contributed by atoms with Gasteiger partial charge in [-0.3, -0.25) is 9.79 Å². The van der Waals surface area contributed by atoms with Crippen LogP contribution in [0.5, 0.6) is 17.4 Å². The summed E-state index contributed by atoms with van der Waals surface area (Å²) in [6.45, 7) is -0.161. The van der Waals surface area contributed by atoms with Crippen molar-refractivity contribution in [1.82, 2.24) is 4.57 Å². The Morgan fingerprint density at radius 2 is 1.62 bits per heavy atom. The van der Waals surface area contributed by atoms with Crippen LogP contribution in [0.25, 0.3) is 16.5 Å². The van der Waals surface area contributed by atoms with Crippen molar-refractivity contribution in [2.45, 2.75) is 6.61 Å². The lowest BCUT2D eigenvalue weighted by Crippen LogP contribution is -2.20. The molecular weight excluding hydrogens is 408 g/mol. The monoisotopic (exact) mass is 430 g/mol. The van der Waals surface area contributed by atoms with Crippen LogP contribution < -0.4 is 15.0 Å². The van der Waals surface area contributed by atoms with Gasteiger partial charge in [-0.05, 0) is 24.3 Å². The van der Waals surface area contributed by atoms with E-state index >= 15 is 0 Å². The molecule has 0 aliphatic carbocycles. The lowest BCUT2D eigenvalue weighted by atomic mass is 10.1. The summed E-state index contributed by atoms with van der Waals surface area (Å²) >= 11 is 0. The van der Waals surface area contributed by atoms with Crippen molar-refractivity contribution in [2.24, 2.45) is 4.99 Å². The van der Waals surface area contributed by atoms with Crippen LogP contribution in [0.1, 0.15) is 11.1 Å². The quantitative estimate of drug-likeness (QED) is 0.452. The van der Waals surface area contributed by atoms with E-state index in [2.05, 4.69) is 4.99 Å². The maximum Gasteiger partial charge on any atom is 0.265 e. The highest BCUT2D eigenvalue weighted by atomic mass is 16.5. The minimum atomic E-state index is -0.377. The van der Waals surface area contributed by atoms with Gasteiger partial charge in [-0.25, -0.2) is 4.57 Å². The van der Waals surface area contributed by atoms with Crippen LogP contribution in [0.4, 0.5) is 5.69 Å². The molecule has 7 heteroatoms. The molecule has 0 amide bonds. The van der Waals surface area contributed by atoms with Gasteiger partial charge < -0.3 is 19.7 Å². The minimum absolute atomic E-state index is 0.161. The zero-order valence-electron chi connectivity index (χ0n) is 17.6. The van der Waals surface area contributed by atoms with Crippen molar-refractivity contribution >= 4 is 22.7 Å². The van der Waals surface area contributed by atoms with Gasteiger partial charge in [-0.1, -0.05) is 36.4 Å². The van der Waals surface area contributed by atoms with Gasteiger partial charge in [0.15, 0.2) is 11.5 Å². The number of hydrogen-bond donors (Lipinski definition) is 2. The fraction of sp³-hybridized carbons (Fsp3) is 0.120. The van der Waals surface area contributed by atoms with Gasteiger partial charge in [-0.15, -0.1) is 0 Å². The molecule has 1 heterocycles. The smallest absolute Gasteiger partial charge is 0.265 e. The second-order valence-corrected chi connectivity index (χ2v) is 7.01. The van der Waals surface area contributed by atoms with E-state index in [1.54, 1.807) is 54.6 Å². The third kappa shape index (κ3) is 3.70. The molecule has 0 unspecified atom stereocenters. The van der Waals surface area contributed by atoms with Gasteiger partial charge in [0.25, 0.3) is 5.56 Å². The molecule has 3 aromatic carbocycles. The van der Waals surface area contributed by atoms with Crippen LogP contribution in [0.15, 0.2) is 76.5 Å². The number of rotatable bonds is 6. The number of hydrogen-bond acceptors (Lipinski definition) is 6. The zero-order chi connectivity index (χ0) is 22.7. The Kier molecular flexibility index (Phi) is 5.91. The third-order valence-corrected chi connectivity index (χ3v) is 5.22. The first-order valence-electron chi connectivity index (χ1n) is 9.91. The molecule has 0 aliphatic heterocycles. The highest BCUT2D eigenvalue weighted by Gasteiger charge is 2.17. The van der Waals surface area contributed by atoms with Gasteiger partial charge in [0.2, 0.25) is 5.88 Å². The summed E-state index contributed by atoms with van der Waals surface area (Å²) in [4.78, 5) is 17.8. The van der Waals surface area contributed by atoms with Crippen LogP contribution in [0.3, 0.4) is 0 Å². The Labute approximate surface area is 184 Å². The lowest BCUT2D eigenvalue weighted by molar-refractivity contribution is 0.282. The highest BCUT2D eigenvalue weighted by Crippen LogP contribution is 2.32. The molecule has 0 saturated heterocycles. The SMILES string of the molecule is COc1ccc(-n2c(O)c(C=Nc3ccccc3CO)c3ccccc3c2=O)cc1OC. The van der Waals surface area contributed by atoms with Crippen LogP contribution in [-0.4, -0.2) is 35.2 Å². The van der Waals surface area contributed by atoms with Gasteiger partial charge in [-0.2, -0.15) is 0 Å². The van der Waals surface area contributed by atoms with Crippen LogP contribution in [0, 0.1) is 0 Å². The van der Waals surface area contributed by atoms with Gasteiger partial charge in [0.05, 0.1) is 37.8 Å². The molecule has 32 heavy (non-hydrogen) atoms. The number of aliphatic imine (C=N–C) groups is 1. The Bertz CT molecular complexity index is 1370. The number of aromatic hydroxyl groups is 1. The molecule has 7 nitrogen and oxygen atoms in total. The average Bonchev–Trinajstić information content (AvgIpc) is 2.84. The first-order chi connectivity index (χ1) is 15.6. The Morgan fingerprint density at radius 1 is 0.938 bits per heavy atom. The molecule has 1 aromatic heterocycles. The Morgan fingerprint density at radius 3 is 2.34 bits per heavy atom. The van der Waals surface area contributed by atoms with E-state index in [0.29, 0.717) is 44.8 Å². The summed E-state index contributed by atoms with van der Waals surface area (Å²) in [5, 5.41) is 21.7. The fourth-order valence-electron chi connectivity index (χ4n) is 3.60. The molecule has 0 aliphatic rings. The van der Waals surface area contributed by atoms with Gasteiger partial charge >= 0.3 is 0 Å². The number of benzene rings is 3. The largest absolute Gasteiger partial charge is 0.494 e. The van der Waals surface area contributed by atoms with Crippen molar-refractivity contribution < 1.29 is 19.7 Å². The minimum Gasteiger partial charge on any atom is -0.494 e. The number of aliphatic hydroxyl groups is 1. The molecular formula is C25H22N2O5. The van der Waals surface area contributed by atoms with E-state index < -0.39 is 0 Å². The summed E-state index contributed by atoms with van der Waals surface area (Å²) in [5.41, 5.74) is 1.64. The first kappa shape index (κ1) is 21.1. The van der Waals surface area contributed by atoms with E-state index in [9.17, 15) is 15.0 Å². The van der Waals surface area contributed by atoms with Crippen LogP contribution in [0.2, 0.25) is 0 Å². The molecule has 0 spiro atoms. The number of methoxy groups -OCH3 is 2. The maximum absolute atomic E-state index is 13.3. The lowest BCUT2D eigenvalue weighted by Gasteiger charge is -2.15. The molecule has 0 radical (unpaired) electrons. The summed E-state index contributed by atoms with van der Waals surface area (Å²) in [7, 11) is 3.03. The Balaban J connectivity index is 1.97. The fourth-order valence-corrected chi connectivity index (χ4v) is 3.60. The number of nitrogens with zero attached hydrogens (tertiary/aromatic N) is 2. The number of ether oxygens (including phenoxy) is 2. The molecule has 0 bridgehead atoms. The van der Waals surface area contributed by atoms with E-state index in [1.807, 2.05) is 12.1 Å². The molecule has 0 fully saturated rings. The van der Waals surface area contributed by atoms with Crippen molar-refractivity contribution in [2.75, 3.05) is 14.2 Å². The molecule has 0 saturated carbocycles. The molecule has 0 atom stereocenters. The average molecular weight is 430 g/mol. The topological polar surface area (TPSA) is 93.3 Å². The second kappa shape index (κ2) is 8.95. The third-order valence-electron chi connectivity index (χ3n) is 5.22. The maximum atomic E-state index is 13.3. The number of aliphatic hydroxyl groups excluding tert-OH is 1. The standard InChI is InChI=1S/C25H22N2O5/c1-31-22-12-11-17(13-23(22)32-2)27-24(29)19-9-5-4-8-18(19)20(25(27)30)14-26-21-10-6-3-7-16(21)15-28/h3-14,28,30H,15H2,1-2H3. The van der Waals surface area contributed by atoms with Crippen molar-refractivity contribution in [3.63, 3.8) is 0 Å². The zero-order valence-corrected chi connectivity index (χ0v) is 17.6. The van der Waals surface area contributed by atoms with E-state index in [4.69, 9.17) is 9.47 Å². The second-order valence-electron chi connectivity index (χ2n) is 7.01. The normalized spacial score (nSPS) is 11.2. The molecule has 4 aromatic rings. The van der Waals surface area contributed by atoms with E-state index in [0.717, 1.165) is 0 Å². The molecule has 4 rings (SSSR count). The number of fused-ring (bicyclic) bond motifs is 1. The summed E-state index contributed by atoms with van der Waals surface area (Å²) in [6, 6.07) is 19.1. The van der Waals surface area contributed by atoms with E-state index in [-0.39, 0.29) is 18.0 Å². The van der Waals surface area contributed by atoms with E-state index in [1.165, 1.54) is 25.0 Å². The van der Waals surface area contributed by atoms with Gasteiger partial charge in [0.1, 0.15) is 0 Å². The molecule has 2 N–H and O–H groups in total. The van der Waals surface area contributed by atoms with Crippen molar-refractivity contribution in [3.05, 3.63) is 88.2 Å². The number of pyridine rings is 1. The summed E-state index contributed by atoms with van der Waals surface area (Å²) in [6.07, 6.45) is 1.50.